The lowest BCUT2D eigenvalue weighted by Crippen LogP contribution is -2.36. The van der Waals surface area contributed by atoms with Gasteiger partial charge in [-0.2, -0.15) is 24.9 Å². The molecule has 0 atom stereocenters. The summed E-state index contributed by atoms with van der Waals surface area (Å²) in [4.78, 5) is 12.1. The molecule has 0 fully saturated rings. The Hall–Kier alpha value is -1.37. The van der Waals surface area contributed by atoms with E-state index in [4.69, 9.17) is 0 Å². The Morgan fingerprint density at radius 2 is 1.90 bits per heavy atom. The van der Waals surface area contributed by atoms with Gasteiger partial charge in [-0.1, -0.05) is 6.07 Å². The van der Waals surface area contributed by atoms with Gasteiger partial charge >= 0.3 is 6.18 Å². The fraction of sp³-hybridized carbons (Fsp3) is 0.500. The van der Waals surface area contributed by atoms with Gasteiger partial charge in [0.25, 0.3) is 5.91 Å². The second-order valence-electron chi connectivity index (χ2n) is 5.12. The molecule has 0 aliphatic carbocycles. The number of amides is 1. The van der Waals surface area contributed by atoms with Gasteiger partial charge in [-0.15, -0.1) is 0 Å². The first-order chi connectivity index (χ1) is 9.62. The highest BCUT2D eigenvalue weighted by Crippen LogP contribution is 2.36. The van der Waals surface area contributed by atoms with Gasteiger partial charge in [0.2, 0.25) is 0 Å². The van der Waals surface area contributed by atoms with Crippen molar-refractivity contribution in [2.45, 2.75) is 24.8 Å². The van der Waals surface area contributed by atoms with Crippen LogP contribution in [0.1, 0.15) is 29.8 Å². The molecule has 0 saturated carbocycles. The van der Waals surface area contributed by atoms with Crippen LogP contribution >= 0.6 is 11.8 Å². The number of alkyl halides is 3. The number of halogens is 3. The van der Waals surface area contributed by atoms with Crippen LogP contribution in [-0.4, -0.2) is 30.5 Å². The van der Waals surface area contributed by atoms with Crippen LogP contribution in [0.25, 0.3) is 0 Å². The quantitative estimate of drug-likeness (QED) is 0.870. The number of hydrogen-bond donors (Lipinski definition) is 2. The summed E-state index contributed by atoms with van der Waals surface area (Å²) in [7, 11) is 1.37. The molecule has 1 amide bonds. The maximum atomic E-state index is 12.9. The van der Waals surface area contributed by atoms with Crippen LogP contribution in [0.4, 0.5) is 18.9 Å². The van der Waals surface area contributed by atoms with Gasteiger partial charge < -0.3 is 10.6 Å². The molecule has 0 radical (unpaired) electrons. The highest BCUT2D eigenvalue weighted by Gasteiger charge is 2.35. The Morgan fingerprint density at radius 3 is 2.38 bits per heavy atom. The van der Waals surface area contributed by atoms with Crippen molar-refractivity contribution in [3.8, 4) is 0 Å². The van der Waals surface area contributed by atoms with E-state index < -0.39 is 17.6 Å². The number of para-hydroxylation sites is 1. The molecule has 1 rings (SSSR count). The van der Waals surface area contributed by atoms with Crippen molar-refractivity contribution in [3.05, 3.63) is 29.3 Å². The van der Waals surface area contributed by atoms with Crippen LogP contribution in [0.5, 0.6) is 0 Å². The van der Waals surface area contributed by atoms with E-state index in [1.807, 2.05) is 20.1 Å². The molecule has 3 nitrogen and oxygen atoms in total. The summed E-state index contributed by atoms with van der Waals surface area (Å²) in [6.07, 6.45) is -2.59. The molecule has 0 aliphatic heterocycles. The Labute approximate surface area is 126 Å². The van der Waals surface area contributed by atoms with Crippen LogP contribution in [0.15, 0.2) is 18.2 Å². The third kappa shape index (κ3) is 4.56. The van der Waals surface area contributed by atoms with E-state index in [-0.39, 0.29) is 16.0 Å². The van der Waals surface area contributed by atoms with E-state index in [2.05, 4.69) is 10.6 Å². The summed E-state index contributed by atoms with van der Waals surface area (Å²) in [5, 5.41) is 5.15. The van der Waals surface area contributed by atoms with E-state index >= 15 is 0 Å². The summed E-state index contributed by atoms with van der Waals surface area (Å²) in [5.74, 6) is -0.521. The largest absolute Gasteiger partial charge is 0.418 e. The number of anilines is 1. The van der Waals surface area contributed by atoms with Gasteiger partial charge in [0, 0.05) is 18.3 Å². The zero-order chi connectivity index (χ0) is 16.3. The van der Waals surface area contributed by atoms with Crippen molar-refractivity contribution >= 4 is 23.4 Å². The van der Waals surface area contributed by atoms with Crippen molar-refractivity contribution < 1.29 is 18.0 Å². The van der Waals surface area contributed by atoms with Crippen LogP contribution in [0.2, 0.25) is 0 Å². The fourth-order valence-corrected chi connectivity index (χ4v) is 1.92. The van der Waals surface area contributed by atoms with Gasteiger partial charge in [0.15, 0.2) is 0 Å². The molecule has 1 aromatic rings. The minimum Gasteiger partial charge on any atom is -0.387 e. The van der Waals surface area contributed by atoms with Gasteiger partial charge in [0.1, 0.15) is 0 Å². The molecule has 2 N–H and O–H groups in total. The van der Waals surface area contributed by atoms with Gasteiger partial charge in [-0.25, -0.2) is 0 Å². The summed E-state index contributed by atoms with van der Waals surface area (Å²) in [6, 6.07) is 3.56. The monoisotopic (exact) mass is 320 g/mol. The Morgan fingerprint density at radius 1 is 1.29 bits per heavy atom. The minimum atomic E-state index is -4.51. The number of hydrogen-bond acceptors (Lipinski definition) is 3. The summed E-state index contributed by atoms with van der Waals surface area (Å²) in [6.45, 7) is 4.26. The lowest BCUT2D eigenvalue weighted by Gasteiger charge is -2.23. The average Bonchev–Trinajstić information content (AvgIpc) is 2.43. The Bertz CT molecular complexity index is 515. The van der Waals surface area contributed by atoms with E-state index in [1.54, 1.807) is 11.8 Å². The summed E-state index contributed by atoms with van der Waals surface area (Å²) in [5.41, 5.74) is -1.06. The molecule has 21 heavy (non-hydrogen) atoms. The molecule has 7 heteroatoms. The smallest absolute Gasteiger partial charge is 0.387 e. The van der Waals surface area contributed by atoms with Crippen molar-refractivity contribution in [2.75, 3.05) is 25.2 Å². The van der Waals surface area contributed by atoms with Crippen LogP contribution in [-0.2, 0) is 6.18 Å². The molecular weight excluding hydrogens is 301 g/mol. The number of carbonyl (C=O) groups excluding carboxylic acids is 1. The first-order valence-corrected chi connectivity index (χ1v) is 7.56. The molecule has 0 spiro atoms. The standard InChI is InChI=1S/C14H19F3N2OS/c1-13(2,21-4)8-19-12(20)9-6-5-7-10(11(9)18-3)14(15,16)17/h5-7,18H,8H2,1-4H3,(H,19,20). The Balaban J connectivity index is 3.05. The van der Waals surface area contributed by atoms with Crippen LogP contribution in [0.3, 0.4) is 0 Å². The maximum absolute atomic E-state index is 12.9. The number of benzene rings is 1. The SMILES string of the molecule is CNc1c(C(=O)NCC(C)(C)SC)cccc1C(F)(F)F. The van der Waals surface area contributed by atoms with Crippen LogP contribution in [0, 0.1) is 0 Å². The van der Waals surface area contributed by atoms with Crippen LogP contribution < -0.4 is 10.6 Å². The lowest BCUT2D eigenvalue weighted by molar-refractivity contribution is -0.136. The molecule has 0 saturated heterocycles. The van der Waals surface area contributed by atoms with Crippen molar-refractivity contribution in [1.82, 2.24) is 5.32 Å². The molecule has 0 bridgehead atoms. The normalized spacial score (nSPS) is 12.1. The topological polar surface area (TPSA) is 41.1 Å². The predicted octanol–water partition coefficient (Wildman–Crippen LogP) is 3.62. The van der Waals surface area contributed by atoms with Gasteiger partial charge in [0.05, 0.1) is 16.8 Å². The van der Waals surface area contributed by atoms with Crippen molar-refractivity contribution in [1.29, 1.82) is 0 Å². The Kier molecular flexibility index (Phi) is 5.55. The number of rotatable bonds is 5. The average molecular weight is 320 g/mol. The fourth-order valence-electron chi connectivity index (χ4n) is 1.71. The van der Waals surface area contributed by atoms with E-state index in [1.165, 1.54) is 19.2 Å². The highest BCUT2D eigenvalue weighted by atomic mass is 32.2. The van der Waals surface area contributed by atoms with E-state index in [0.29, 0.717) is 6.54 Å². The first kappa shape index (κ1) is 17.7. The third-order valence-electron chi connectivity index (χ3n) is 3.09. The molecule has 0 heterocycles. The molecule has 1 aromatic carbocycles. The van der Waals surface area contributed by atoms with Gasteiger partial charge in [-0.3, -0.25) is 4.79 Å². The number of thioether (sulfide) groups is 1. The summed E-state index contributed by atoms with van der Waals surface area (Å²) >= 11 is 1.57. The second kappa shape index (κ2) is 6.60. The number of nitrogens with one attached hydrogen (secondary N) is 2. The zero-order valence-electron chi connectivity index (χ0n) is 12.4. The first-order valence-electron chi connectivity index (χ1n) is 6.33. The molecule has 118 valence electrons. The number of carbonyl (C=O) groups is 1. The van der Waals surface area contributed by atoms with Crippen molar-refractivity contribution in [3.63, 3.8) is 0 Å². The maximum Gasteiger partial charge on any atom is 0.418 e. The predicted molar refractivity (Wildman–Crippen MR) is 80.9 cm³/mol. The molecule has 0 unspecified atom stereocenters. The van der Waals surface area contributed by atoms with E-state index in [0.717, 1.165) is 6.07 Å². The minimum absolute atomic E-state index is 0.00997. The zero-order valence-corrected chi connectivity index (χ0v) is 13.2. The van der Waals surface area contributed by atoms with Crippen molar-refractivity contribution in [2.24, 2.45) is 0 Å². The lowest BCUT2D eigenvalue weighted by atomic mass is 10.1. The molecular formula is C14H19F3N2OS. The molecule has 0 aromatic heterocycles. The van der Waals surface area contributed by atoms with Gasteiger partial charge in [-0.05, 0) is 32.2 Å². The second-order valence-corrected chi connectivity index (χ2v) is 6.64. The van der Waals surface area contributed by atoms with E-state index in [9.17, 15) is 18.0 Å². The third-order valence-corrected chi connectivity index (χ3v) is 4.34. The highest BCUT2D eigenvalue weighted by molar-refractivity contribution is 7.99. The molecule has 0 aliphatic rings. The summed E-state index contributed by atoms with van der Waals surface area (Å²) < 4.78 is 38.6.